The third-order valence-corrected chi connectivity index (χ3v) is 19.1. The van der Waals surface area contributed by atoms with Gasteiger partial charge in [-0.25, -0.2) is 14.4 Å². The van der Waals surface area contributed by atoms with Gasteiger partial charge in [0.1, 0.15) is 11.2 Å². The van der Waals surface area contributed by atoms with E-state index in [-0.39, 0.29) is 22.6 Å². The Hall–Kier alpha value is -6.85. The molecule has 9 saturated heterocycles. The van der Waals surface area contributed by atoms with Gasteiger partial charge >= 0.3 is 17.9 Å². The highest BCUT2D eigenvalue weighted by Gasteiger charge is 2.54. The molecule has 6 bridgehead atoms. The van der Waals surface area contributed by atoms with E-state index in [1.54, 1.807) is 109 Å². The fourth-order valence-corrected chi connectivity index (χ4v) is 13.4. The number of piperidine rings is 9. The topological polar surface area (TPSA) is 177 Å². The highest BCUT2D eigenvalue weighted by Crippen LogP contribution is 2.44. The molecule has 16 rings (SSSR count). The molecule has 0 unspecified atom stereocenters. The van der Waals surface area contributed by atoms with Gasteiger partial charge in [0.05, 0.1) is 31.8 Å². The number of ether oxygens (including phenoxy) is 2. The summed E-state index contributed by atoms with van der Waals surface area (Å²) in [6.45, 7) is 10.5. The third-order valence-electron chi connectivity index (χ3n) is 19.1. The van der Waals surface area contributed by atoms with Gasteiger partial charge in [-0.15, -0.1) is 0 Å². The minimum absolute atomic E-state index is 0. The van der Waals surface area contributed by atoms with Gasteiger partial charge in [-0.05, 0) is 64.6 Å². The lowest BCUT2D eigenvalue weighted by molar-refractivity contribution is -0.944. The molecule has 0 atom stereocenters. The van der Waals surface area contributed by atoms with Crippen LogP contribution in [0, 0.1) is 0 Å². The maximum absolute atomic E-state index is 13.6. The molecular weight excluding hydrogens is 1150 g/mol. The zero-order chi connectivity index (χ0) is 59.4. The number of carbonyl (C=O) groups is 3. The molecule has 7 aromatic carbocycles. The summed E-state index contributed by atoms with van der Waals surface area (Å²) in [6.07, 6.45) is 10.4. The molecule has 9 fully saturated rings. The van der Waals surface area contributed by atoms with Crippen LogP contribution in [0.4, 0.5) is 0 Å². The van der Waals surface area contributed by atoms with Crippen molar-refractivity contribution in [1.29, 1.82) is 0 Å². The molecule has 0 aliphatic carbocycles. The summed E-state index contributed by atoms with van der Waals surface area (Å²) in [5, 5.41) is 52.7. The molecule has 9 aliphatic rings. The maximum atomic E-state index is 13.6. The monoisotopic (exact) mass is 1230 g/mol. The van der Waals surface area contributed by atoms with E-state index in [1.165, 1.54) is 18.5 Å². The normalized spacial score (nSPS) is 24.3. The van der Waals surface area contributed by atoms with Crippen LogP contribution in [0.1, 0.15) is 103 Å². The second-order valence-electron chi connectivity index (χ2n) is 24.3. The summed E-state index contributed by atoms with van der Waals surface area (Å²) >= 11 is 0. The first-order valence-corrected chi connectivity index (χ1v) is 30.4. The first kappa shape index (κ1) is 63.6. The molecular formula is C72H82BrN3O10. The molecule has 452 valence electrons. The van der Waals surface area contributed by atoms with E-state index in [4.69, 9.17) is 9.47 Å². The van der Waals surface area contributed by atoms with Gasteiger partial charge in [0.15, 0.2) is 0 Å². The number of quaternary nitrogens is 1. The minimum Gasteiger partial charge on any atom is -1.00 e. The van der Waals surface area contributed by atoms with E-state index in [2.05, 4.69) is 40.1 Å². The molecule has 0 saturated carbocycles. The van der Waals surface area contributed by atoms with E-state index in [9.17, 15) is 39.9 Å². The number of carboxylic acid groups (broad SMARTS) is 1. The number of esters is 2. The number of carboxylic acids is 1. The van der Waals surface area contributed by atoms with Crippen molar-refractivity contribution in [2.45, 2.75) is 104 Å². The van der Waals surface area contributed by atoms with Gasteiger partial charge in [-0.3, -0.25) is 0 Å². The number of aliphatic carboxylic acids is 1. The molecule has 0 aromatic heterocycles. The molecule has 9 aliphatic heterocycles. The smallest absolute Gasteiger partial charge is 0.348 e. The number of hydrogen-bond acceptors (Lipinski definition) is 11. The van der Waals surface area contributed by atoms with Gasteiger partial charge < -0.3 is 66.3 Å². The van der Waals surface area contributed by atoms with Crippen LogP contribution in [-0.2, 0) is 47.1 Å². The molecule has 7 aromatic rings. The number of halogens is 1. The van der Waals surface area contributed by atoms with Crippen LogP contribution in [-0.4, -0.2) is 140 Å². The Labute approximate surface area is 516 Å². The van der Waals surface area contributed by atoms with Crippen molar-refractivity contribution in [2.75, 3.05) is 65.4 Å². The van der Waals surface area contributed by atoms with Crippen molar-refractivity contribution in [2.24, 2.45) is 0 Å². The van der Waals surface area contributed by atoms with Gasteiger partial charge in [0.25, 0.3) is 0 Å². The second kappa shape index (κ2) is 27.9. The average Bonchev–Trinajstić information content (AvgIpc) is 3.34. The van der Waals surface area contributed by atoms with Crippen molar-refractivity contribution in [3.05, 3.63) is 251 Å². The molecule has 13 nitrogen and oxygen atoms in total. The van der Waals surface area contributed by atoms with Gasteiger partial charge in [-0.2, -0.15) is 0 Å². The number of hydrogen-bond donors (Lipinski definition) is 5. The first-order chi connectivity index (χ1) is 41.1. The summed E-state index contributed by atoms with van der Waals surface area (Å²) in [6, 6.07) is 63.9. The summed E-state index contributed by atoms with van der Waals surface area (Å²) in [4.78, 5) is 43.1. The highest BCUT2D eigenvalue weighted by atomic mass is 79.9. The largest absolute Gasteiger partial charge is 1.00 e. The fourth-order valence-electron chi connectivity index (χ4n) is 13.4. The molecule has 86 heavy (non-hydrogen) atoms. The fraction of sp³-hybridized carbons (Fsp3) is 0.375. The van der Waals surface area contributed by atoms with Crippen molar-refractivity contribution < 1.29 is 70.9 Å². The lowest BCUT2D eigenvalue weighted by Crippen LogP contribution is -3.00. The zero-order valence-electron chi connectivity index (χ0n) is 49.1. The van der Waals surface area contributed by atoms with E-state index >= 15 is 0 Å². The Morgan fingerprint density at radius 3 is 0.953 bits per heavy atom. The van der Waals surface area contributed by atoms with Crippen molar-refractivity contribution in [3.63, 3.8) is 0 Å². The molecule has 0 spiro atoms. The number of benzene rings is 7. The number of rotatable bonds is 15. The van der Waals surface area contributed by atoms with Crippen LogP contribution in [0.2, 0.25) is 0 Å². The molecule has 14 heteroatoms. The molecule has 0 amide bonds. The van der Waals surface area contributed by atoms with E-state index in [1.807, 2.05) is 72.8 Å². The standard InChI is InChI=1S/C30H34NO3.C21H23NO3.C14H12O3.C7H13NO.BrH/c32-28(30(33,26-14-6-2-7-15-26)27-16-8-3-9-17-27)34-29-18-22-31(23-19-29,24-20-29)21-10-13-25-11-4-1-5-12-25;23-19(25-20-11-14-22(15-12-20)16-13-20)21(24,17-7-3-1-4-8-17)18-9-5-2-6-10-18;15-13(16)14(17,11-7-3-1-4-8-11)12-9-5-2-6-10-12;9-7-1-4-8(5-2-7)6-3-7;/h1-9,11-12,14-17,33H,10,13,18-24H2;1-10,24H,11-16H2;1-10,17H,(H,15,16);9H,1-6H2;1H/q+1;;;;/p-1. The number of carbonyl (C=O) groups excluding carboxylic acids is 2. The van der Waals surface area contributed by atoms with Crippen molar-refractivity contribution in [1.82, 2.24) is 9.80 Å². The Balaban J connectivity index is 0.000000149. The van der Waals surface area contributed by atoms with Crippen LogP contribution < -0.4 is 17.0 Å². The minimum atomic E-state index is -2.00. The molecule has 5 N–H and O–H groups in total. The quantitative estimate of drug-likeness (QED) is 0.0538. The van der Waals surface area contributed by atoms with Gasteiger partial charge in [-0.1, -0.05) is 212 Å². The highest BCUT2D eigenvalue weighted by molar-refractivity contribution is 5.87. The Morgan fingerprint density at radius 1 is 0.407 bits per heavy atom. The van der Waals surface area contributed by atoms with Crippen LogP contribution in [0.5, 0.6) is 0 Å². The van der Waals surface area contributed by atoms with E-state index in [0.29, 0.717) is 33.4 Å². The van der Waals surface area contributed by atoms with Crippen molar-refractivity contribution >= 4 is 17.9 Å². The van der Waals surface area contributed by atoms with Gasteiger partial charge in [0, 0.05) is 84.2 Å². The average molecular weight is 1230 g/mol. The van der Waals surface area contributed by atoms with Crippen LogP contribution in [0.25, 0.3) is 0 Å². The first-order valence-electron chi connectivity index (χ1n) is 30.4. The van der Waals surface area contributed by atoms with Crippen LogP contribution in [0.3, 0.4) is 0 Å². The molecule has 0 radical (unpaired) electrons. The lowest BCUT2D eigenvalue weighted by atomic mass is 9.79. The van der Waals surface area contributed by atoms with E-state index in [0.717, 1.165) is 128 Å². The van der Waals surface area contributed by atoms with Gasteiger partial charge in [0.2, 0.25) is 16.8 Å². The Kier molecular flexibility index (Phi) is 20.6. The Morgan fingerprint density at radius 2 is 0.674 bits per heavy atom. The SMILES string of the molecule is O=C(O)C(O)(c1ccccc1)c1ccccc1.O=C(OC12CCN(CC1)CC2)C(O)(c1ccccc1)c1ccccc1.O=C(OC12CC[N+](CCCc3ccccc3)(CC1)CC2)C(O)(c1ccccc1)c1ccccc1.OC12CCN(CC1)CC2.[Br-]. The third kappa shape index (κ3) is 14.3. The number of aryl methyl sites for hydroxylation is 1. The summed E-state index contributed by atoms with van der Waals surface area (Å²) in [5.74, 6) is -2.41. The maximum Gasteiger partial charge on any atom is 0.348 e. The number of nitrogens with zero attached hydrogens (tertiary/aromatic N) is 3. The second-order valence-corrected chi connectivity index (χ2v) is 24.3. The predicted molar refractivity (Wildman–Crippen MR) is 327 cm³/mol. The van der Waals surface area contributed by atoms with Crippen molar-refractivity contribution in [3.8, 4) is 0 Å². The lowest BCUT2D eigenvalue weighted by Gasteiger charge is -2.54. The number of aliphatic hydroxyl groups is 4. The zero-order valence-corrected chi connectivity index (χ0v) is 50.6. The van der Waals surface area contributed by atoms with E-state index < -0.39 is 45.9 Å². The molecule has 9 heterocycles. The van der Waals surface area contributed by atoms with Crippen LogP contribution >= 0.6 is 0 Å². The number of fused-ring (bicyclic) bond motifs is 9. The summed E-state index contributed by atoms with van der Waals surface area (Å²) in [7, 11) is 0. The predicted octanol–water partition coefficient (Wildman–Crippen LogP) is 6.78. The Bertz CT molecular complexity index is 3090. The summed E-state index contributed by atoms with van der Waals surface area (Å²) < 4.78 is 13.4. The van der Waals surface area contributed by atoms with Crippen LogP contribution in [0.15, 0.2) is 212 Å². The summed E-state index contributed by atoms with van der Waals surface area (Å²) in [5.41, 5.74) is -2.49.